The van der Waals surface area contributed by atoms with Crippen LogP contribution in [-0.2, 0) is 4.79 Å². The molecule has 0 aliphatic heterocycles. The van der Waals surface area contributed by atoms with Crippen LogP contribution in [0.4, 0.5) is 4.39 Å². The average molecular weight is 328 g/mol. The molecule has 2 rings (SSSR count). The molecule has 1 aliphatic rings. The van der Waals surface area contributed by atoms with Crippen molar-refractivity contribution in [2.24, 2.45) is 0 Å². The van der Waals surface area contributed by atoms with Gasteiger partial charge in [0.1, 0.15) is 5.67 Å². The van der Waals surface area contributed by atoms with Gasteiger partial charge in [0.05, 0.1) is 5.57 Å². The lowest BCUT2D eigenvalue weighted by atomic mass is 9.83. The molecular formula is C21H25FO2. The molecule has 1 aromatic carbocycles. The molecule has 0 amide bonds. The SMILES string of the molecule is CC/C=C/C(=C\c1cccc(C2=CCC(C)(F)CC2)c1C)C(=O)O. The number of alkyl halides is 1. The molecular weight excluding hydrogens is 303 g/mol. The van der Waals surface area contributed by atoms with Gasteiger partial charge in [-0.15, -0.1) is 0 Å². The number of rotatable bonds is 5. The summed E-state index contributed by atoms with van der Waals surface area (Å²) in [5.74, 6) is -0.936. The van der Waals surface area contributed by atoms with Crippen LogP contribution in [0.3, 0.4) is 0 Å². The summed E-state index contributed by atoms with van der Waals surface area (Å²) in [6.45, 7) is 5.61. The molecule has 1 unspecified atom stereocenters. The number of benzene rings is 1. The maximum atomic E-state index is 14.0. The van der Waals surface area contributed by atoms with Gasteiger partial charge in [0.25, 0.3) is 0 Å². The van der Waals surface area contributed by atoms with E-state index in [-0.39, 0.29) is 5.57 Å². The van der Waals surface area contributed by atoms with E-state index in [9.17, 15) is 14.3 Å². The Labute approximate surface area is 143 Å². The molecule has 24 heavy (non-hydrogen) atoms. The summed E-state index contributed by atoms with van der Waals surface area (Å²) in [5, 5.41) is 9.36. The van der Waals surface area contributed by atoms with Crippen molar-refractivity contribution in [1.82, 2.24) is 0 Å². The van der Waals surface area contributed by atoms with Crippen LogP contribution in [0, 0.1) is 6.92 Å². The standard InChI is InChI=1S/C21H25FO2/c1-4-5-7-18(20(23)24)14-17-8-6-9-19(15(17)2)16-10-12-21(3,22)13-11-16/h5-10,14H,4,11-13H2,1-3H3,(H,23,24)/b7-5+,18-14+. The smallest absolute Gasteiger partial charge is 0.335 e. The van der Waals surface area contributed by atoms with Crippen molar-refractivity contribution in [1.29, 1.82) is 0 Å². The predicted molar refractivity (Wildman–Crippen MR) is 97.6 cm³/mol. The molecule has 3 heteroatoms. The quantitative estimate of drug-likeness (QED) is 0.554. The summed E-state index contributed by atoms with van der Waals surface area (Å²) in [5.41, 5.74) is 3.32. The third-order valence-electron chi connectivity index (χ3n) is 4.50. The monoisotopic (exact) mass is 328 g/mol. The van der Waals surface area contributed by atoms with Crippen molar-refractivity contribution in [2.75, 3.05) is 0 Å². The first-order valence-corrected chi connectivity index (χ1v) is 8.43. The third-order valence-corrected chi connectivity index (χ3v) is 4.50. The first-order valence-electron chi connectivity index (χ1n) is 8.43. The van der Waals surface area contributed by atoms with Gasteiger partial charge in [-0.2, -0.15) is 0 Å². The fourth-order valence-corrected chi connectivity index (χ4v) is 2.93. The van der Waals surface area contributed by atoms with Gasteiger partial charge >= 0.3 is 5.97 Å². The summed E-state index contributed by atoms with van der Waals surface area (Å²) < 4.78 is 14.0. The summed E-state index contributed by atoms with van der Waals surface area (Å²) in [4.78, 5) is 11.4. The van der Waals surface area contributed by atoms with Gasteiger partial charge in [0.15, 0.2) is 0 Å². The second kappa shape index (κ2) is 7.61. The Morgan fingerprint density at radius 3 is 2.75 bits per heavy atom. The number of carboxylic acids is 1. The van der Waals surface area contributed by atoms with Crippen molar-refractivity contribution in [3.8, 4) is 0 Å². The fraction of sp³-hybridized carbons (Fsp3) is 0.381. The second-order valence-corrected chi connectivity index (χ2v) is 6.58. The molecule has 2 nitrogen and oxygen atoms in total. The van der Waals surface area contributed by atoms with Gasteiger partial charge in [-0.05, 0) is 67.9 Å². The Bertz CT molecular complexity index is 709. The normalized spacial score (nSPS) is 21.8. The Kier molecular flexibility index (Phi) is 5.76. The van der Waals surface area contributed by atoms with Crippen LogP contribution in [0.15, 0.2) is 42.0 Å². The van der Waals surface area contributed by atoms with Crippen molar-refractivity contribution in [2.45, 2.75) is 52.1 Å². The van der Waals surface area contributed by atoms with Crippen molar-refractivity contribution in [3.05, 3.63) is 58.7 Å². The molecule has 0 saturated heterocycles. The first-order chi connectivity index (χ1) is 11.3. The highest BCUT2D eigenvalue weighted by atomic mass is 19.1. The summed E-state index contributed by atoms with van der Waals surface area (Å²) in [6, 6.07) is 5.88. The van der Waals surface area contributed by atoms with E-state index in [1.165, 1.54) is 0 Å². The minimum absolute atomic E-state index is 0.269. The van der Waals surface area contributed by atoms with Crippen LogP contribution in [0.1, 0.15) is 56.2 Å². The van der Waals surface area contributed by atoms with Gasteiger partial charge < -0.3 is 5.11 Å². The van der Waals surface area contributed by atoms with Gasteiger partial charge in [-0.1, -0.05) is 43.4 Å². The molecule has 0 radical (unpaired) electrons. The molecule has 128 valence electrons. The maximum absolute atomic E-state index is 14.0. The topological polar surface area (TPSA) is 37.3 Å². The van der Waals surface area contributed by atoms with Crippen LogP contribution < -0.4 is 0 Å². The Morgan fingerprint density at radius 1 is 1.42 bits per heavy atom. The molecule has 0 bridgehead atoms. The number of carboxylic acid groups (broad SMARTS) is 1. The molecule has 1 aromatic rings. The van der Waals surface area contributed by atoms with Gasteiger partial charge in [-0.3, -0.25) is 0 Å². The number of allylic oxidation sites excluding steroid dienone is 3. The van der Waals surface area contributed by atoms with Crippen LogP contribution in [0.5, 0.6) is 0 Å². The van der Waals surface area contributed by atoms with Crippen LogP contribution in [-0.4, -0.2) is 16.7 Å². The highest BCUT2D eigenvalue weighted by Gasteiger charge is 2.26. The predicted octanol–water partition coefficient (Wildman–Crippen LogP) is 5.72. The van der Waals surface area contributed by atoms with E-state index in [0.717, 1.165) is 28.7 Å². The minimum Gasteiger partial charge on any atom is -0.478 e. The number of hydrogen-bond acceptors (Lipinski definition) is 1. The van der Waals surface area contributed by atoms with E-state index in [0.29, 0.717) is 19.3 Å². The number of carbonyl (C=O) groups is 1. The fourth-order valence-electron chi connectivity index (χ4n) is 2.93. The average Bonchev–Trinajstić information content (AvgIpc) is 2.53. The largest absolute Gasteiger partial charge is 0.478 e. The molecule has 0 spiro atoms. The molecule has 0 heterocycles. The van der Waals surface area contributed by atoms with Crippen LogP contribution >= 0.6 is 0 Å². The van der Waals surface area contributed by atoms with E-state index in [1.807, 2.05) is 44.2 Å². The lowest BCUT2D eigenvalue weighted by Crippen LogP contribution is -2.20. The molecule has 1 aliphatic carbocycles. The highest BCUT2D eigenvalue weighted by molar-refractivity contribution is 5.95. The zero-order valence-electron chi connectivity index (χ0n) is 14.6. The third kappa shape index (κ3) is 4.44. The lowest BCUT2D eigenvalue weighted by molar-refractivity contribution is -0.132. The number of hydrogen-bond donors (Lipinski definition) is 1. The van der Waals surface area contributed by atoms with Crippen LogP contribution in [0.25, 0.3) is 11.6 Å². The first kappa shape index (κ1) is 18.2. The molecule has 1 N–H and O–H groups in total. The van der Waals surface area contributed by atoms with Crippen molar-refractivity contribution >= 4 is 17.6 Å². The molecule has 0 fully saturated rings. The molecule has 0 aromatic heterocycles. The highest BCUT2D eigenvalue weighted by Crippen LogP contribution is 2.36. The van der Waals surface area contributed by atoms with Gasteiger partial charge in [-0.25, -0.2) is 9.18 Å². The van der Waals surface area contributed by atoms with Crippen molar-refractivity contribution < 1.29 is 14.3 Å². The second-order valence-electron chi connectivity index (χ2n) is 6.58. The van der Waals surface area contributed by atoms with Crippen molar-refractivity contribution in [3.63, 3.8) is 0 Å². The van der Waals surface area contributed by atoms with E-state index in [1.54, 1.807) is 19.1 Å². The van der Waals surface area contributed by atoms with Gasteiger partial charge in [0, 0.05) is 0 Å². The summed E-state index contributed by atoms with van der Waals surface area (Å²) in [7, 11) is 0. The van der Waals surface area contributed by atoms with Gasteiger partial charge in [0.2, 0.25) is 0 Å². The summed E-state index contributed by atoms with van der Waals surface area (Å²) >= 11 is 0. The number of aliphatic carboxylic acids is 1. The van der Waals surface area contributed by atoms with E-state index in [2.05, 4.69) is 0 Å². The molecule has 1 atom stereocenters. The van der Waals surface area contributed by atoms with Crippen LogP contribution in [0.2, 0.25) is 0 Å². The lowest BCUT2D eigenvalue weighted by Gasteiger charge is -2.26. The Morgan fingerprint density at radius 2 is 2.17 bits per heavy atom. The zero-order valence-corrected chi connectivity index (χ0v) is 14.6. The van der Waals surface area contributed by atoms with E-state index < -0.39 is 11.6 Å². The Balaban J connectivity index is 2.39. The summed E-state index contributed by atoms with van der Waals surface area (Å²) in [6.07, 6.45) is 9.62. The van der Waals surface area contributed by atoms with E-state index in [4.69, 9.17) is 0 Å². The van der Waals surface area contributed by atoms with E-state index >= 15 is 0 Å². The zero-order chi connectivity index (χ0) is 17.7. The number of halogens is 1. The minimum atomic E-state index is -1.11. The maximum Gasteiger partial charge on any atom is 0.335 e. The Hall–Kier alpha value is -2.16. The molecule has 0 saturated carbocycles.